The van der Waals surface area contributed by atoms with E-state index in [9.17, 15) is 14.9 Å². The van der Waals surface area contributed by atoms with E-state index in [1.54, 1.807) is 13.0 Å². The number of amides is 1. The number of nitrogens with zero attached hydrogens (tertiary/aromatic N) is 3. The van der Waals surface area contributed by atoms with Crippen LogP contribution >= 0.6 is 11.3 Å². The number of nitrogens with one attached hydrogen (secondary N) is 1. The number of benzene rings is 2. The predicted octanol–water partition coefficient (Wildman–Crippen LogP) is 2.70. The summed E-state index contributed by atoms with van der Waals surface area (Å²) in [6.07, 6.45) is 0. The van der Waals surface area contributed by atoms with Crippen molar-refractivity contribution in [3.05, 3.63) is 68.5 Å². The molecular formula is C16H14N4O3S. The lowest BCUT2D eigenvalue weighted by Gasteiger charge is -2.02. The van der Waals surface area contributed by atoms with E-state index in [0.29, 0.717) is 10.4 Å². The molecule has 0 atom stereocenters. The van der Waals surface area contributed by atoms with Gasteiger partial charge in [-0.3, -0.25) is 14.9 Å². The zero-order chi connectivity index (χ0) is 17.3. The number of hydrogen-bond donors (Lipinski definition) is 1. The fourth-order valence-corrected chi connectivity index (χ4v) is 3.28. The van der Waals surface area contributed by atoms with Gasteiger partial charge < -0.3 is 4.57 Å². The maximum Gasteiger partial charge on any atom is 0.273 e. The molecule has 1 N–H and O–H groups in total. The highest BCUT2D eigenvalue weighted by Crippen LogP contribution is 2.19. The number of nitro benzene ring substituents is 1. The fraction of sp³-hybridized carbons (Fsp3) is 0.125. The molecule has 3 aromatic rings. The molecule has 0 spiro atoms. The summed E-state index contributed by atoms with van der Waals surface area (Å²) in [5.74, 6) is -0.490. The van der Waals surface area contributed by atoms with E-state index in [1.807, 2.05) is 35.9 Å². The second-order valence-corrected chi connectivity index (χ2v) is 6.23. The van der Waals surface area contributed by atoms with Crippen LogP contribution in [0.25, 0.3) is 10.2 Å². The summed E-state index contributed by atoms with van der Waals surface area (Å²) < 4.78 is 2.93. The molecule has 0 radical (unpaired) electrons. The lowest BCUT2D eigenvalue weighted by atomic mass is 10.1. The topological polar surface area (TPSA) is 89.5 Å². The molecule has 1 aromatic heterocycles. The van der Waals surface area contributed by atoms with Crippen molar-refractivity contribution in [3.8, 4) is 0 Å². The molecule has 0 aliphatic heterocycles. The van der Waals surface area contributed by atoms with Crippen molar-refractivity contribution in [3.63, 3.8) is 0 Å². The molecule has 0 unspecified atom stereocenters. The van der Waals surface area contributed by atoms with Gasteiger partial charge in [0.1, 0.15) is 0 Å². The molecule has 24 heavy (non-hydrogen) atoms. The van der Waals surface area contributed by atoms with Gasteiger partial charge in [-0.15, -0.1) is 5.10 Å². The van der Waals surface area contributed by atoms with E-state index in [4.69, 9.17) is 0 Å². The highest BCUT2D eigenvalue weighted by Gasteiger charge is 2.14. The minimum absolute atomic E-state index is 0.0879. The quantitative estimate of drug-likeness (QED) is 0.586. The van der Waals surface area contributed by atoms with Gasteiger partial charge in [-0.2, -0.15) is 0 Å². The van der Waals surface area contributed by atoms with Crippen LogP contribution in [-0.4, -0.2) is 15.4 Å². The summed E-state index contributed by atoms with van der Waals surface area (Å²) >= 11 is 1.44. The second-order valence-electron chi connectivity index (χ2n) is 5.22. The Morgan fingerprint density at radius 2 is 2.04 bits per heavy atom. The van der Waals surface area contributed by atoms with Gasteiger partial charge in [0.05, 0.1) is 15.1 Å². The van der Waals surface area contributed by atoms with Crippen LogP contribution in [-0.2, 0) is 7.05 Å². The summed E-state index contributed by atoms with van der Waals surface area (Å²) in [4.78, 5) is 23.3. The standard InChI is InChI=1S/C16H14N4O3S/c1-10-7-8-11(9-13(10)20(22)23)15(21)17-18-16-19(2)12-5-3-4-6-14(12)24-16/h3-9H,1-2H3,(H,17,21)/b18-16-. The van der Waals surface area contributed by atoms with Crippen LogP contribution in [0.5, 0.6) is 0 Å². The molecule has 122 valence electrons. The van der Waals surface area contributed by atoms with Crippen LogP contribution in [0.1, 0.15) is 15.9 Å². The Kier molecular flexibility index (Phi) is 4.13. The number of fused-ring (bicyclic) bond motifs is 1. The molecule has 0 saturated heterocycles. The largest absolute Gasteiger partial charge is 0.318 e. The normalized spacial score (nSPS) is 11.7. The lowest BCUT2D eigenvalue weighted by Crippen LogP contribution is -2.23. The zero-order valence-electron chi connectivity index (χ0n) is 13.0. The Balaban J connectivity index is 1.91. The van der Waals surface area contributed by atoms with Gasteiger partial charge in [0.25, 0.3) is 11.6 Å². The minimum atomic E-state index is -0.505. The highest BCUT2D eigenvalue weighted by molar-refractivity contribution is 7.16. The number of carbonyl (C=O) groups is 1. The summed E-state index contributed by atoms with van der Waals surface area (Å²) in [7, 11) is 1.86. The monoisotopic (exact) mass is 342 g/mol. The van der Waals surface area contributed by atoms with E-state index >= 15 is 0 Å². The van der Waals surface area contributed by atoms with Gasteiger partial charge in [-0.25, -0.2) is 5.43 Å². The van der Waals surface area contributed by atoms with Gasteiger partial charge >= 0.3 is 0 Å². The molecule has 8 heteroatoms. The summed E-state index contributed by atoms with van der Waals surface area (Å²) in [5, 5.41) is 15.1. The van der Waals surface area contributed by atoms with E-state index in [-0.39, 0.29) is 11.3 Å². The lowest BCUT2D eigenvalue weighted by molar-refractivity contribution is -0.385. The van der Waals surface area contributed by atoms with Gasteiger partial charge in [-0.05, 0) is 25.1 Å². The SMILES string of the molecule is Cc1ccc(C(=O)N/N=c2\sc3ccccc3n2C)cc1[N+](=O)[O-]. The smallest absolute Gasteiger partial charge is 0.273 e. The summed E-state index contributed by atoms with van der Waals surface area (Å²) in [6.45, 7) is 1.63. The number of aromatic nitrogens is 1. The van der Waals surface area contributed by atoms with Crippen LogP contribution in [0.15, 0.2) is 47.6 Å². The number of carbonyl (C=O) groups excluding carboxylic acids is 1. The number of thiazole rings is 1. The van der Waals surface area contributed by atoms with E-state index < -0.39 is 10.8 Å². The number of para-hydroxylation sites is 1. The molecule has 2 aromatic carbocycles. The molecule has 0 aliphatic rings. The molecule has 0 aliphatic carbocycles. The van der Waals surface area contributed by atoms with Gasteiger partial charge in [0, 0.05) is 24.2 Å². The first-order valence-electron chi connectivity index (χ1n) is 7.11. The second kappa shape index (κ2) is 6.25. The molecule has 1 amide bonds. The molecule has 0 saturated carbocycles. The fourth-order valence-electron chi connectivity index (χ4n) is 2.30. The third kappa shape index (κ3) is 2.91. The maximum absolute atomic E-state index is 12.2. The van der Waals surface area contributed by atoms with E-state index in [2.05, 4.69) is 10.5 Å². The Morgan fingerprint density at radius 1 is 1.29 bits per heavy atom. The molecule has 3 rings (SSSR count). The van der Waals surface area contributed by atoms with Crippen molar-refractivity contribution in [1.29, 1.82) is 0 Å². The van der Waals surface area contributed by atoms with Crippen LogP contribution in [0, 0.1) is 17.0 Å². The van der Waals surface area contributed by atoms with Crippen molar-refractivity contribution < 1.29 is 9.72 Å². The highest BCUT2D eigenvalue weighted by atomic mass is 32.1. The molecule has 7 nitrogen and oxygen atoms in total. The first-order valence-corrected chi connectivity index (χ1v) is 7.92. The third-order valence-electron chi connectivity index (χ3n) is 3.64. The van der Waals surface area contributed by atoms with Crippen LogP contribution in [0.2, 0.25) is 0 Å². The number of nitro groups is 1. The Hall–Kier alpha value is -3.00. The third-order valence-corrected chi connectivity index (χ3v) is 4.75. The maximum atomic E-state index is 12.2. The Morgan fingerprint density at radius 3 is 2.75 bits per heavy atom. The summed E-state index contributed by atoms with van der Waals surface area (Å²) in [5.41, 5.74) is 4.08. The van der Waals surface area contributed by atoms with Gasteiger partial charge in [0.2, 0.25) is 4.80 Å². The van der Waals surface area contributed by atoms with Crippen molar-refractivity contribution in [2.75, 3.05) is 0 Å². The first-order chi connectivity index (χ1) is 11.5. The Bertz CT molecular complexity index is 1020. The van der Waals surface area contributed by atoms with Gasteiger partial charge in [0.15, 0.2) is 0 Å². The van der Waals surface area contributed by atoms with Crippen LogP contribution in [0.3, 0.4) is 0 Å². The first kappa shape index (κ1) is 15.9. The molecule has 1 heterocycles. The Labute approximate surface area is 141 Å². The number of aryl methyl sites for hydroxylation is 2. The minimum Gasteiger partial charge on any atom is -0.318 e. The average Bonchev–Trinajstić information content (AvgIpc) is 2.89. The van der Waals surface area contributed by atoms with Crippen LogP contribution < -0.4 is 10.2 Å². The van der Waals surface area contributed by atoms with Crippen molar-refractivity contribution in [2.45, 2.75) is 6.92 Å². The van der Waals surface area contributed by atoms with Crippen molar-refractivity contribution >= 4 is 33.1 Å². The average molecular weight is 342 g/mol. The van der Waals surface area contributed by atoms with Crippen molar-refractivity contribution in [1.82, 2.24) is 9.99 Å². The zero-order valence-corrected chi connectivity index (χ0v) is 13.8. The van der Waals surface area contributed by atoms with Crippen LogP contribution in [0.4, 0.5) is 5.69 Å². The molecule has 0 fully saturated rings. The number of hydrogen-bond acceptors (Lipinski definition) is 5. The number of rotatable bonds is 3. The van der Waals surface area contributed by atoms with E-state index in [1.165, 1.54) is 23.5 Å². The van der Waals surface area contributed by atoms with Gasteiger partial charge in [-0.1, -0.05) is 29.5 Å². The molecule has 0 bridgehead atoms. The molecular weight excluding hydrogens is 328 g/mol. The predicted molar refractivity (Wildman–Crippen MR) is 91.7 cm³/mol. The van der Waals surface area contributed by atoms with E-state index in [0.717, 1.165) is 10.2 Å². The van der Waals surface area contributed by atoms with Crippen molar-refractivity contribution in [2.24, 2.45) is 12.1 Å². The summed E-state index contributed by atoms with van der Waals surface area (Å²) in [6, 6.07) is 12.2.